The van der Waals surface area contributed by atoms with E-state index < -0.39 is 5.60 Å². The number of alkyl halides is 1. The summed E-state index contributed by atoms with van der Waals surface area (Å²) >= 11 is 6.42. The summed E-state index contributed by atoms with van der Waals surface area (Å²) < 4.78 is 0. The summed E-state index contributed by atoms with van der Waals surface area (Å²) in [7, 11) is 0. The van der Waals surface area contributed by atoms with Crippen molar-refractivity contribution in [2.24, 2.45) is 28.5 Å². The van der Waals surface area contributed by atoms with Gasteiger partial charge in [-0.2, -0.15) is 0 Å². The number of hydrogen-bond acceptors (Lipinski definition) is 4. The molecule has 2 aliphatic heterocycles. The second-order valence-electron chi connectivity index (χ2n) is 7.83. The van der Waals surface area contributed by atoms with Gasteiger partial charge in [-0.15, -0.1) is 11.6 Å². The molecule has 2 aliphatic carbocycles. The number of aliphatic imine (C=N–C) groups is 1. The third-order valence-corrected chi connectivity index (χ3v) is 7.18. The topological polar surface area (TPSA) is 70.6 Å². The fourth-order valence-corrected chi connectivity index (χ4v) is 6.08. The molecule has 7 unspecified atom stereocenters. The molecule has 1 saturated heterocycles. The van der Waals surface area contributed by atoms with Crippen LogP contribution in [0.3, 0.4) is 0 Å². The average Bonchev–Trinajstić information content (AvgIpc) is 2.79. The number of nitrogens with one attached hydrogen (secondary N) is 1. The van der Waals surface area contributed by atoms with Crippen LogP contribution in [0.4, 0.5) is 0 Å². The second kappa shape index (κ2) is 5.64. The highest BCUT2D eigenvalue weighted by Gasteiger charge is 2.58. The molecule has 5 heteroatoms. The van der Waals surface area contributed by atoms with Crippen molar-refractivity contribution in [3.8, 4) is 0 Å². The van der Waals surface area contributed by atoms with Crippen LogP contribution in [-0.2, 0) is 0 Å². The van der Waals surface area contributed by atoms with E-state index in [2.05, 4.69) is 10.3 Å². The molecular weight excluding hydrogens is 298 g/mol. The fraction of sp³-hybridized carbons (Fsp3) is 0.941. The van der Waals surface area contributed by atoms with Crippen molar-refractivity contribution in [2.45, 2.75) is 74.4 Å². The fourth-order valence-electron chi connectivity index (χ4n) is 5.76. The molecule has 0 aromatic heterocycles. The average molecular weight is 326 g/mol. The molecule has 4 rings (SSSR count). The zero-order chi connectivity index (χ0) is 15.3. The lowest BCUT2D eigenvalue weighted by Crippen LogP contribution is -2.61. The van der Waals surface area contributed by atoms with Gasteiger partial charge in [-0.1, -0.05) is 6.42 Å². The Kier molecular flexibility index (Phi) is 3.90. The predicted molar refractivity (Wildman–Crippen MR) is 89.2 cm³/mol. The standard InChI is InChI=1S/C17H28ClN3O/c18-10-6-7-15-13(9-10)17(22,16(19)21-15)12-4-1-5-14-11(12)3-2-8-20-14/h10-15,20,22H,1-9H2,(H2,19,21). The first-order valence-electron chi connectivity index (χ1n) is 9.04. The van der Waals surface area contributed by atoms with Crippen LogP contribution in [0.15, 0.2) is 4.99 Å². The molecule has 0 spiro atoms. The van der Waals surface area contributed by atoms with Gasteiger partial charge in [-0.25, -0.2) is 0 Å². The first-order chi connectivity index (χ1) is 10.6. The van der Waals surface area contributed by atoms with Crippen LogP contribution in [0.25, 0.3) is 0 Å². The van der Waals surface area contributed by atoms with Gasteiger partial charge in [0.1, 0.15) is 11.4 Å². The molecule has 0 aromatic carbocycles. The highest BCUT2D eigenvalue weighted by atomic mass is 35.5. The quantitative estimate of drug-likeness (QED) is 0.646. The van der Waals surface area contributed by atoms with Crippen LogP contribution >= 0.6 is 11.6 Å². The van der Waals surface area contributed by atoms with Gasteiger partial charge in [0.2, 0.25) is 0 Å². The number of hydrogen-bond donors (Lipinski definition) is 3. The van der Waals surface area contributed by atoms with Crippen LogP contribution in [0.5, 0.6) is 0 Å². The molecule has 0 radical (unpaired) electrons. The summed E-state index contributed by atoms with van der Waals surface area (Å²) in [5.41, 5.74) is 5.39. The molecule has 0 amide bonds. The summed E-state index contributed by atoms with van der Waals surface area (Å²) in [4.78, 5) is 4.68. The Hall–Kier alpha value is -0.320. The summed E-state index contributed by atoms with van der Waals surface area (Å²) in [6.07, 6.45) is 8.72. The van der Waals surface area contributed by atoms with E-state index >= 15 is 0 Å². The number of piperidine rings is 1. The van der Waals surface area contributed by atoms with Crippen LogP contribution in [-0.4, -0.2) is 40.5 Å². The normalized spacial score (nSPS) is 51.8. The highest BCUT2D eigenvalue weighted by molar-refractivity contribution is 6.20. The van der Waals surface area contributed by atoms with Crippen molar-refractivity contribution in [3.63, 3.8) is 0 Å². The third-order valence-electron chi connectivity index (χ3n) is 6.78. The van der Waals surface area contributed by atoms with E-state index in [0.29, 0.717) is 17.8 Å². The number of aliphatic hydroxyl groups is 1. The summed E-state index contributed by atoms with van der Waals surface area (Å²) in [6.45, 7) is 1.12. The van der Waals surface area contributed by atoms with E-state index in [1.54, 1.807) is 0 Å². The largest absolute Gasteiger partial charge is 0.385 e. The van der Waals surface area contributed by atoms with Gasteiger partial charge in [0.15, 0.2) is 0 Å². The molecule has 0 bridgehead atoms. The van der Waals surface area contributed by atoms with Gasteiger partial charge in [0.25, 0.3) is 0 Å². The Balaban J connectivity index is 1.65. The molecular formula is C17H28ClN3O. The van der Waals surface area contributed by atoms with Crippen LogP contribution in [0.1, 0.15) is 51.4 Å². The van der Waals surface area contributed by atoms with Gasteiger partial charge in [-0.05, 0) is 63.3 Å². The SMILES string of the molecule is NC1=NC2CCC(Cl)CC2C1(O)C1CCCC2NCCCC21. The number of nitrogens with zero attached hydrogens (tertiary/aromatic N) is 1. The lowest BCUT2D eigenvalue weighted by Gasteiger charge is -2.50. The van der Waals surface area contributed by atoms with Gasteiger partial charge in [0, 0.05) is 17.3 Å². The molecule has 4 nitrogen and oxygen atoms in total. The first-order valence-corrected chi connectivity index (χ1v) is 9.48. The molecule has 4 N–H and O–H groups in total. The van der Waals surface area contributed by atoms with Crippen LogP contribution in [0.2, 0.25) is 0 Å². The van der Waals surface area contributed by atoms with E-state index in [-0.39, 0.29) is 23.3 Å². The van der Waals surface area contributed by atoms with Gasteiger partial charge in [-0.3, -0.25) is 4.99 Å². The van der Waals surface area contributed by atoms with Crippen molar-refractivity contribution in [3.05, 3.63) is 0 Å². The maximum atomic E-state index is 11.7. The summed E-state index contributed by atoms with van der Waals surface area (Å²) in [5.74, 6) is 1.43. The number of nitrogens with two attached hydrogens (primary N) is 1. The van der Waals surface area contributed by atoms with Crippen LogP contribution in [0, 0.1) is 17.8 Å². The molecule has 4 aliphatic rings. The maximum absolute atomic E-state index is 11.7. The van der Waals surface area contributed by atoms with Gasteiger partial charge >= 0.3 is 0 Å². The Bertz CT molecular complexity index is 469. The smallest absolute Gasteiger partial charge is 0.129 e. The van der Waals surface area contributed by atoms with Crippen molar-refractivity contribution in [1.82, 2.24) is 5.32 Å². The van der Waals surface area contributed by atoms with Crippen molar-refractivity contribution >= 4 is 17.4 Å². The molecule has 7 atom stereocenters. The Morgan fingerprint density at radius 3 is 2.86 bits per heavy atom. The Labute approximate surface area is 137 Å². The summed E-state index contributed by atoms with van der Waals surface area (Å²) in [5, 5.41) is 15.5. The van der Waals surface area contributed by atoms with E-state index in [9.17, 15) is 5.11 Å². The van der Waals surface area contributed by atoms with E-state index in [4.69, 9.17) is 17.3 Å². The number of rotatable bonds is 1. The summed E-state index contributed by atoms with van der Waals surface area (Å²) in [6, 6.07) is 0.746. The van der Waals surface area contributed by atoms with Gasteiger partial charge < -0.3 is 16.2 Å². The number of fused-ring (bicyclic) bond motifs is 2. The predicted octanol–water partition coefficient (Wildman–Crippen LogP) is 2.03. The highest BCUT2D eigenvalue weighted by Crippen LogP contribution is 2.51. The monoisotopic (exact) mass is 325 g/mol. The maximum Gasteiger partial charge on any atom is 0.129 e. The minimum Gasteiger partial charge on any atom is -0.385 e. The first kappa shape index (κ1) is 15.2. The molecule has 124 valence electrons. The number of halogens is 1. The van der Waals surface area contributed by atoms with E-state index in [1.165, 1.54) is 25.7 Å². The zero-order valence-electron chi connectivity index (χ0n) is 13.2. The molecule has 2 heterocycles. The van der Waals surface area contributed by atoms with Crippen molar-refractivity contribution < 1.29 is 5.11 Å². The van der Waals surface area contributed by atoms with E-state index in [1.807, 2.05) is 0 Å². The minimum absolute atomic E-state index is 0.134. The van der Waals surface area contributed by atoms with E-state index in [0.717, 1.165) is 32.2 Å². The van der Waals surface area contributed by atoms with Crippen molar-refractivity contribution in [1.29, 1.82) is 0 Å². The van der Waals surface area contributed by atoms with Gasteiger partial charge in [0.05, 0.1) is 6.04 Å². The second-order valence-corrected chi connectivity index (χ2v) is 8.45. The van der Waals surface area contributed by atoms with Crippen molar-refractivity contribution in [2.75, 3.05) is 6.54 Å². The molecule has 3 fully saturated rings. The minimum atomic E-state index is -0.916. The zero-order valence-corrected chi connectivity index (χ0v) is 13.9. The Morgan fingerprint density at radius 1 is 1.14 bits per heavy atom. The lowest BCUT2D eigenvalue weighted by molar-refractivity contribution is -0.0647. The molecule has 22 heavy (non-hydrogen) atoms. The van der Waals surface area contributed by atoms with Crippen LogP contribution < -0.4 is 11.1 Å². The third kappa shape index (κ3) is 2.22. The number of amidine groups is 1. The molecule has 0 aromatic rings. The lowest BCUT2D eigenvalue weighted by atomic mass is 9.60. The molecule has 2 saturated carbocycles. The Morgan fingerprint density at radius 2 is 2.00 bits per heavy atom.